The van der Waals surface area contributed by atoms with Crippen LogP contribution in [0.4, 0.5) is 5.69 Å². The number of rotatable bonds is 5. The van der Waals surface area contributed by atoms with Gasteiger partial charge in [0.1, 0.15) is 4.75 Å². The number of carbonyl (C=O) groups is 1. The molecule has 1 unspecified atom stereocenters. The van der Waals surface area contributed by atoms with Crippen molar-refractivity contribution in [3.05, 3.63) is 59.7 Å². The highest BCUT2D eigenvalue weighted by Gasteiger charge is 2.48. The largest absolute Gasteiger partial charge is 0.365 e. The summed E-state index contributed by atoms with van der Waals surface area (Å²) in [5.41, 5.74) is 3.65. The number of para-hydroxylation sites is 1. The highest BCUT2D eigenvalue weighted by atomic mass is 32.2. The predicted molar refractivity (Wildman–Crippen MR) is 129 cm³/mol. The first kappa shape index (κ1) is 24.7. The van der Waals surface area contributed by atoms with E-state index < -0.39 is 35.1 Å². The molecule has 34 heavy (non-hydrogen) atoms. The Hall–Kier alpha value is -2.43. The van der Waals surface area contributed by atoms with E-state index in [4.69, 9.17) is 5.21 Å². The molecule has 2 aromatic carbocycles. The van der Waals surface area contributed by atoms with Gasteiger partial charge in [-0.25, -0.2) is 22.3 Å². The number of nitrogens with one attached hydrogen (secondary N) is 1. The highest BCUT2D eigenvalue weighted by molar-refractivity contribution is 7.93. The van der Waals surface area contributed by atoms with Gasteiger partial charge in [0.2, 0.25) is 5.91 Å². The molecule has 1 fully saturated rings. The molecule has 10 heteroatoms. The molecule has 2 aliphatic heterocycles. The minimum absolute atomic E-state index is 0.00157. The number of benzene rings is 2. The Morgan fingerprint density at radius 3 is 2.35 bits per heavy atom. The van der Waals surface area contributed by atoms with Gasteiger partial charge in [0.15, 0.2) is 19.7 Å². The summed E-state index contributed by atoms with van der Waals surface area (Å²) in [7, 11) is -7.07. The van der Waals surface area contributed by atoms with Crippen molar-refractivity contribution in [1.82, 2.24) is 5.48 Å². The van der Waals surface area contributed by atoms with Gasteiger partial charge in [-0.2, -0.15) is 0 Å². The van der Waals surface area contributed by atoms with E-state index in [-0.39, 0.29) is 12.2 Å². The summed E-state index contributed by atoms with van der Waals surface area (Å²) >= 11 is 0. The molecule has 1 atom stereocenters. The molecule has 2 heterocycles. The van der Waals surface area contributed by atoms with Crippen molar-refractivity contribution >= 4 is 31.3 Å². The van der Waals surface area contributed by atoms with E-state index in [0.717, 1.165) is 5.56 Å². The first-order valence-corrected chi connectivity index (χ1v) is 14.4. The van der Waals surface area contributed by atoms with Gasteiger partial charge in [-0.15, -0.1) is 0 Å². The third kappa shape index (κ3) is 4.01. The Morgan fingerprint density at radius 2 is 1.71 bits per heavy atom. The molecule has 0 aliphatic carbocycles. The number of hydrogen-bond donors (Lipinski definition) is 2. The summed E-state index contributed by atoms with van der Waals surface area (Å²) in [5, 5.41) is 9.04. The number of fused-ring (bicyclic) bond motifs is 1. The maximum Gasteiger partial charge on any atom is 0.245 e. The molecule has 0 bridgehead atoms. The molecule has 184 valence electrons. The number of sulfone groups is 2. The smallest absolute Gasteiger partial charge is 0.245 e. The van der Waals surface area contributed by atoms with Crippen molar-refractivity contribution in [2.24, 2.45) is 0 Å². The minimum Gasteiger partial charge on any atom is -0.365 e. The lowest BCUT2D eigenvalue weighted by atomic mass is 9.88. The second-order valence-electron chi connectivity index (χ2n) is 9.77. The molecule has 0 radical (unpaired) electrons. The molecule has 0 saturated carbocycles. The van der Waals surface area contributed by atoms with E-state index in [2.05, 4.69) is 0 Å². The summed E-state index contributed by atoms with van der Waals surface area (Å²) in [6.07, 6.45) is 1.20. The van der Waals surface area contributed by atoms with Crippen LogP contribution in [-0.4, -0.2) is 45.0 Å². The Labute approximate surface area is 200 Å². The van der Waals surface area contributed by atoms with Gasteiger partial charge in [-0.3, -0.25) is 10.0 Å². The van der Waals surface area contributed by atoms with Crippen LogP contribution in [0.5, 0.6) is 0 Å². The van der Waals surface area contributed by atoms with Crippen LogP contribution in [-0.2, 0) is 35.8 Å². The molecule has 2 aliphatic rings. The fourth-order valence-electron chi connectivity index (χ4n) is 5.13. The van der Waals surface area contributed by atoms with Crippen LogP contribution < -0.4 is 10.4 Å². The number of hydroxylamine groups is 1. The lowest BCUT2D eigenvalue weighted by Crippen LogP contribution is -2.48. The third-order valence-corrected chi connectivity index (χ3v) is 12.2. The second kappa shape index (κ2) is 8.66. The first-order chi connectivity index (χ1) is 15.9. The average molecular weight is 507 g/mol. The molecule has 0 spiro atoms. The fraction of sp³-hybridized carbons (Fsp3) is 0.458. The number of nitrogens with zero attached hydrogens (tertiary/aromatic N) is 1. The van der Waals surface area contributed by atoms with Gasteiger partial charge in [0, 0.05) is 13.1 Å². The predicted octanol–water partition coefficient (Wildman–Crippen LogP) is 2.95. The Balaban J connectivity index is 1.67. The molecule has 4 rings (SSSR count). The van der Waals surface area contributed by atoms with Crippen LogP contribution in [0.2, 0.25) is 0 Å². The Morgan fingerprint density at radius 1 is 1.03 bits per heavy atom. The first-order valence-electron chi connectivity index (χ1n) is 11.3. The van der Waals surface area contributed by atoms with E-state index in [0.29, 0.717) is 48.5 Å². The summed E-state index contributed by atoms with van der Waals surface area (Å²) < 4.78 is 49.9. The molecular weight excluding hydrogens is 476 g/mol. The monoisotopic (exact) mass is 506 g/mol. The normalized spacial score (nSPS) is 24.7. The number of anilines is 1. The van der Waals surface area contributed by atoms with Crippen LogP contribution in [0.25, 0.3) is 0 Å². The minimum atomic E-state index is -3.60. The quantitative estimate of drug-likeness (QED) is 0.472. The van der Waals surface area contributed by atoms with Crippen molar-refractivity contribution in [2.45, 2.75) is 60.5 Å². The van der Waals surface area contributed by atoms with Crippen LogP contribution in [0.1, 0.15) is 50.7 Å². The van der Waals surface area contributed by atoms with Gasteiger partial charge in [0.25, 0.3) is 0 Å². The van der Waals surface area contributed by atoms with Crippen molar-refractivity contribution in [3.8, 4) is 0 Å². The Bertz CT molecular complexity index is 1300. The molecular formula is C24H30N2O6S2. The van der Waals surface area contributed by atoms with E-state index >= 15 is 0 Å². The number of hydrogen-bond acceptors (Lipinski definition) is 7. The number of carbonyl (C=O) groups excluding carboxylic acids is 1. The molecule has 0 aromatic heterocycles. The SMILES string of the molecule is CC1(C)CN(Cc2ccc(C3(CC(=O)NO)CCCCS3(=O)=O)cc2)c2ccccc2S1(=O)=O. The molecule has 1 amide bonds. The van der Waals surface area contributed by atoms with E-state index in [1.807, 2.05) is 23.1 Å². The maximum atomic E-state index is 13.1. The van der Waals surface area contributed by atoms with Gasteiger partial charge < -0.3 is 4.90 Å². The standard InChI is InChI=1S/C24H30N2O6S2/c1-23(2)17-26(20-7-3-4-8-21(20)34(23,31)32)16-18-9-11-19(12-10-18)24(15-22(27)25-28)13-5-6-14-33(24,29)30/h3-4,7-12,28H,5-6,13-17H2,1-2H3,(H,25,27). The zero-order chi connectivity index (χ0) is 24.8. The van der Waals surface area contributed by atoms with E-state index in [1.54, 1.807) is 49.7 Å². The lowest BCUT2D eigenvalue weighted by molar-refractivity contribution is -0.130. The summed E-state index contributed by atoms with van der Waals surface area (Å²) in [6, 6.07) is 14.1. The molecule has 1 saturated heterocycles. The summed E-state index contributed by atoms with van der Waals surface area (Å²) in [6.45, 7) is 4.22. The lowest BCUT2D eigenvalue weighted by Gasteiger charge is -2.40. The zero-order valence-electron chi connectivity index (χ0n) is 19.3. The zero-order valence-corrected chi connectivity index (χ0v) is 21.0. The van der Waals surface area contributed by atoms with Crippen LogP contribution >= 0.6 is 0 Å². The fourth-order valence-corrected chi connectivity index (χ4v) is 9.05. The topological polar surface area (TPSA) is 121 Å². The highest BCUT2D eigenvalue weighted by Crippen LogP contribution is 2.44. The van der Waals surface area contributed by atoms with Gasteiger partial charge in [-0.1, -0.05) is 42.8 Å². The van der Waals surface area contributed by atoms with Crippen LogP contribution in [0.3, 0.4) is 0 Å². The van der Waals surface area contributed by atoms with Crippen molar-refractivity contribution < 1.29 is 26.8 Å². The van der Waals surface area contributed by atoms with Gasteiger partial charge in [0.05, 0.1) is 27.5 Å². The van der Waals surface area contributed by atoms with Crippen LogP contribution in [0.15, 0.2) is 53.4 Å². The number of amides is 1. The van der Waals surface area contributed by atoms with E-state index in [1.165, 1.54) is 0 Å². The van der Waals surface area contributed by atoms with Crippen molar-refractivity contribution in [1.29, 1.82) is 0 Å². The maximum absolute atomic E-state index is 13.1. The summed E-state index contributed by atoms with van der Waals surface area (Å²) in [4.78, 5) is 14.4. The van der Waals surface area contributed by atoms with Crippen molar-refractivity contribution in [3.63, 3.8) is 0 Å². The van der Waals surface area contributed by atoms with Crippen molar-refractivity contribution in [2.75, 3.05) is 17.2 Å². The molecule has 2 aromatic rings. The molecule has 8 nitrogen and oxygen atoms in total. The van der Waals surface area contributed by atoms with Crippen LogP contribution in [0, 0.1) is 0 Å². The third-order valence-electron chi connectivity index (χ3n) is 7.06. The second-order valence-corrected chi connectivity index (χ2v) is 14.7. The van der Waals surface area contributed by atoms with E-state index in [9.17, 15) is 21.6 Å². The van der Waals surface area contributed by atoms with Gasteiger partial charge in [-0.05, 0) is 49.9 Å². The Kier molecular flexibility index (Phi) is 6.28. The molecule has 2 N–H and O–H groups in total. The summed E-state index contributed by atoms with van der Waals surface area (Å²) in [5.74, 6) is -0.732. The average Bonchev–Trinajstić information content (AvgIpc) is 2.79. The van der Waals surface area contributed by atoms with Gasteiger partial charge >= 0.3 is 0 Å².